The quantitative estimate of drug-likeness (QED) is 0.738. The summed E-state index contributed by atoms with van der Waals surface area (Å²) in [6.07, 6.45) is -0.342. The van der Waals surface area contributed by atoms with Crippen LogP contribution in [0.25, 0.3) is 0 Å². The smallest absolute Gasteiger partial charge is 0.362 e. The number of hydrogen-bond acceptors (Lipinski definition) is 5. The van der Waals surface area contributed by atoms with E-state index >= 15 is 0 Å². The molecule has 1 aromatic carbocycles. The highest BCUT2D eigenvalue weighted by Gasteiger charge is 2.31. The molecule has 1 amide bonds. The molecule has 0 N–H and O–H groups in total. The van der Waals surface area contributed by atoms with Crippen LogP contribution in [0.15, 0.2) is 24.3 Å². The summed E-state index contributed by atoms with van der Waals surface area (Å²) in [6, 6.07) is 4.38. The highest BCUT2D eigenvalue weighted by molar-refractivity contribution is 5.94. The second-order valence-electron chi connectivity index (χ2n) is 8.27. The average Bonchev–Trinajstić information content (AvgIpc) is 2.77. The fourth-order valence-corrected chi connectivity index (χ4v) is 4.15. The van der Waals surface area contributed by atoms with Gasteiger partial charge in [-0.25, -0.2) is 4.98 Å². The number of halogens is 3. The molecule has 0 atom stereocenters. The molecule has 166 valence electrons. The summed E-state index contributed by atoms with van der Waals surface area (Å²) in [5.41, 5.74) is 1.32. The standard InChI is InChI=1S/C22H26F3N5O/c1-28(2)19-17-14-30(20(31)15-6-8-16(9-7-15)22(23,24)25)13-10-18(17)26-21(27-19)29-11-4-3-5-12-29/h6-9H,3-5,10-14H2,1-2H3. The number of amides is 1. The Morgan fingerprint density at radius 1 is 1.00 bits per heavy atom. The number of fused-ring (bicyclic) bond motifs is 1. The van der Waals surface area contributed by atoms with Crippen LogP contribution in [0.3, 0.4) is 0 Å². The minimum Gasteiger partial charge on any atom is -0.362 e. The Morgan fingerprint density at radius 3 is 2.29 bits per heavy atom. The summed E-state index contributed by atoms with van der Waals surface area (Å²) in [5.74, 6) is 1.24. The summed E-state index contributed by atoms with van der Waals surface area (Å²) in [5, 5.41) is 0. The number of aromatic nitrogens is 2. The number of carbonyl (C=O) groups is 1. The van der Waals surface area contributed by atoms with Gasteiger partial charge in [0.1, 0.15) is 5.82 Å². The van der Waals surface area contributed by atoms with Gasteiger partial charge in [-0.05, 0) is 43.5 Å². The third kappa shape index (κ3) is 4.45. The first-order valence-electron chi connectivity index (χ1n) is 10.5. The monoisotopic (exact) mass is 433 g/mol. The molecule has 0 spiro atoms. The van der Waals surface area contributed by atoms with Crippen molar-refractivity contribution in [3.8, 4) is 0 Å². The molecule has 0 radical (unpaired) electrons. The summed E-state index contributed by atoms with van der Waals surface area (Å²) in [4.78, 5) is 28.4. The highest BCUT2D eigenvalue weighted by Crippen LogP contribution is 2.31. The lowest BCUT2D eigenvalue weighted by atomic mass is 10.0. The van der Waals surface area contributed by atoms with Crippen LogP contribution in [0.2, 0.25) is 0 Å². The van der Waals surface area contributed by atoms with E-state index in [1.807, 2.05) is 19.0 Å². The molecule has 1 saturated heterocycles. The van der Waals surface area contributed by atoms with Gasteiger partial charge in [-0.2, -0.15) is 18.2 Å². The minimum atomic E-state index is -4.42. The maximum absolute atomic E-state index is 12.9. The number of hydrogen-bond donors (Lipinski definition) is 0. The first kappa shape index (κ1) is 21.4. The molecule has 9 heteroatoms. The Hall–Kier alpha value is -2.84. The lowest BCUT2D eigenvalue weighted by molar-refractivity contribution is -0.137. The van der Waals surface area contributed by atoms with E-state index in [1.54, 1.807) is 4.90 Å². The predicted molar refractivity (Wildman–Crippen MR) is 112 cm³/mol. The Kier molecular flexibility index (Phi) is 5.77. The number of benzene rings is 1. The molecule has 2 aliphatic rings. The van der Waals surface area contributed by atoms with Crippen molar-refractivity contribution < 1.29 is 18.0 Å². The zero-order valence-electron chi connectivity index (χ0n) is 17.7. The van der Waals surface area contributed by atoms with Gasteiger partial charge in [0.25, 0.3) is 5.91 Å². The van der Waals surface area contributed by atoms with Gasteiger partial charge in [0.05, 0.1) is 17.8 Å². The molecule has 1 fully saturated rings. The number of anilines is 2. The maximum Gasteiger partial charge on any atom is 0.416 e. The molecule has 3 heterocycles. The number of nitrogens with zero attached hydrogens (tertiary/aromatic N) is 5. The van der Waals surface area contributed by atoms with Crippen molar-refractivity contribution in [1.29, 1.82) is 0 Å². The number of carbonyl (C=O) groups excluding carboxylic acids is 1. The molecule has 0 bridgehead atoms. The van der Waals surface area contributed by atoms with Gasteiger partial charge in [0, 0.05) is 51.3 Å². The SMILES string of the molecule is CN(C)c1nc(N2CCCCC2)nc2c1CN(C(=O)c1ccc(C(F)(F)F)cc1)CC2. The molecule has 2 aromatic rings. The minimum absolute atomic E-state index is 0.244. The highest BCUT2D eigenvalue weighted by atomic mass is 19.4. The second-order valence-corrected chi connectivity index (χ2v) is 8.27. The van der Waals surface area contributed by atoms with E-state index in [2.05, 4.69) is 4.90 Å². The zero-order chi connectivity index (χ0) is 22.2. The van der Waals surface area contributed by atoms with Crippen molar-refractivity contribution in [2.75, 3.05) is 43.5 Å². The normalized spacial score (nSPS) is 16.8. The van der Waals surface area contributed by atoms with Gasteiger partial charge in [0.15, 0.2) is 0 Å². The van der Waals surface area contributed by atoms with Gasteiger partial charge < -0.3 is 14.7 Å². The number of alkyl halides is 3. The van der Waals surface area contributed by atoms with E-state index < -0.39 is 11.7 Å². The molecular weight excluding hydrogens is 407 g/mol. The Labute approximate surface area is 179 Å². The molecular formula is C22H26F3N5O. The van der Waals surface area contributed by atoms with Crippen LogP contribution in [0, 0.1) is 0 Å². The summed E-state index contributed by atoms with van der Waals surface area (Å²) < 4.78 is 38.4. The van der Waals surface area contributed by atoms with Crippen LogP contribution in [0.5, 0.6) is 0 Å². The Morgan fingerprint density at radius 2 is 1.68 bits per heavy atom. The van der Waals surface area contributed by atoms with Gasteiger partial charge in [-0.1, -0.05) is 0 Å². The van der Waals surface area contributed by atoms with E-state index in [9.17, 15) is 18.0 Å². The number of rotatable bonds is 3. The van der Waals surface area contributed by atoms with Crippen LogP contribution in [-0.4, -0.2) is 54.5 Å². The summed E-state index contributed by atoms with van der Waals surface area (Å²) in [7, 11) is 3.83. The third-order valence-electron chi connectivity index (χ3n) is 5.84. The van der Waals surface area contributed by atoms with E-state index in [0.29, 0.717) is 19.5 Å². The van der Waals surface area contributed by atoms with E-state index in [-0.39, 0.29) is 11.5 Å². The molecule has 1 aromatic heterocycles. The lowest BCUT2D eigenvalue weighted by Crippen LogP contribution is -2.38. The first-order valence-corrected chi connectivity index (χ1v) is 10.5. The maximum atomic E-state index is 12.9. The second kappa shape index (κ2) is 8.36. The molecule has 4 rings (SSSR count). The van der Waals surface area contributed by atoms with Crippen molar-refractivity contribution in [2.45, 2.75) is 38.4 Å². The fourth-order valence-electron chi connectivity index (χ4n) is 4.15. The topological polar surface area (TPSA) is 52.6 Å². The molecule has 0 unspecified atom stereocenters. The van der Waals surface area contributed by atoms with Crippen LogP contribution >= 0.6 is 0 Å². The van der Waals surface area contributed by atoms with Crippen LogP contribution < -0.4 is 9.80 Å². The largest absolute Gasteiger partial charge is 0.416 e. The Bertz CT molecular complexity index is 953. The van der Waals surface area contributed by atoms with E-state index in [4.69, 9.17) is 9.97 Å². The van der Waals surface area contributed by atoms with E-state index in [1.165, 1.54) is 18.6 Å². The van der Waals surface area contributed by atoms with Crippen LogP contribution in [0.1, 0.15) is 46.4 Å². The van der Waals surface area contributed by atoms with Crippen LogP contribution in [-0.2, 0) is 19.1 Å². The van der Waals surface area contributed by atoms with Crippen molar-refractivity contribution in [1.82, 2.24) is 14.9 Å². The van der Waals surface area contributed by atoms with E-state index in [0.717, 1.165) is 61.1 Å². The predicted octanol–water partition coefficient (Wildman–Crippen LogP) is 3.75. The Balaban J connectivity index is 1.58. The fraction of sp³-hybridized carbons (Fsp3) is 0.500. The van der Waals surface area contributed by atoms with Crippen molar-refractivity contribution >= 4 is 17.7 Å². The molecule has 2 aliphatic heterocycles. The molecule has 31 heavy (non-hydrogen) atoms. The van der Waals surface area contributed by atoms with Crippen LogP contribution in [0.4, 0.5) is 24.9 Å². The van der Waals surface area contributed by atoms with Gasteiger partial charge in [-0.15, -0.1) is 0 Å². The number of piperidine rings is 1. The van der Waals surface area contributed by atoms with Crippen molar-refractivity contribution in [2.24, 2.45) is 0 Å². The third-order valence-corrected chi connectivity index (χ3v) is 5.84. The molecule has 6 nitrogen and oxygen atoms in total. The lowest BCUT2D eigenvalue weighted by Gasteiger charge is -2.33. The molecule has 0 saturated carbocycles. The van der Waals surface area contributed by atoms with Gasteiger partial charge in [0.2, 0.25) is 5.95 Å². The summed E-state index contributed by atoms with van der Waals surface area (Å²) in [6.45, 7) is 2.70. The molecule has 0 aliphatic carbocycles. The van der Waals surface area contributed by atoms with Crippen molar-refractivity contribution in [3.05, 3.63) is 46.6 Å². The van der Waals surface area contributed by atoms with Gasteiger partial charge in [-0.3, -0.25) is 4.79 Å². The zero-order valence-corrected chi connectivity index (χ0v) is 17.7. The van der Waals surface area contributed by atoms with Crippen molar-refractivity contribution in [3.63, 3.8) is 0 Å². The summed E-state index contributed by atoms with van der Waals surface area (Å²) >= 11 is 0. The average molecular weight is 433 g/mol. The van der Waals surface area contributed by atoms with Gasteiger partial charge >= 0.3 is 6.18 Å². The first-order chi connectivity index (χ1) is 14.7.